The van der Waals surface area contributed by atoms with Gasteiger partial charge in [-0.15, -0.1) is 0 Å². The summed E-state index contributed by atoms with van der Waals surface area (Å²) in [7, 11) is 0. The molecular formula is C18H32N4O2+2. The summed E-state index contributed by atoms with van der Waals surface area (Å²) in [5.74, 6) is -0.0122. The van der Waals surface area contributed by atoms with Crippen LogP contribution in [0.5, 0.6) is 0 Å². The maximum absolute atomic E-state index is 11.8. The predicted molar refractivity (Wildman–Crippen MR) is 96.8 cm³/mol. The minimum atomic E-state index is -0.00610. The maximum Gasteiger partial charge on any atom is 0.279 e. The molecule has 6 heteroatoms. The number of unbranched alkanes of at least 4 members (excludes halogenated alkanes) is 2. The lowest BCUT2D eigenvalue weighted by Crippen LogP contribution is -2.86. The first kappa shape index (κ1) is 20.1. The van der Waals surface area contributed by atoms with E-state index in [4.69, 9.17) is 0 Å². The summed E-state index contributed by atoms with van der Waals surface area (Å²) in [5.41, 5.74) is 1.49. The Labute approximate surface area is 144 Å². The molecule has 1 rings (SSSR count). The fourth-order valence-electron chi connectivity index (χ4n) is 2.22. The standard InChI is InChI=1S/C18H30N4O2/c1-3-5-11-19-13-17(23)21-15-7-9-16(10-8-15)22-18(24)14-20-12-6-4-2/h7-10,19-20H,3-6,11-14H2,1-2H3,(H,21,23)(H,22,24)/p+2. The van der Waals surface area contributed by atoms with E-state index in [1.807, 2.05) is 10.6 Å². The lowest BCUT2D eigenvalue weighted by Gasteiger charge is -2.07. The second kappa shape index (κ2) is 12.5. The van der Waals surface area contributed by atoms with Gasteiger partial charge in [0.1, 0.15) is 0 Å². The van der Waals surface area contributed by atoms with Gasteiger partial charge in [-0.1, -0.05) is 26.7 Å². The zero-order valence-corrected chi connectivity index (χ0v) is 14.9. The SMILES string of the molecule is CCCC[NH2+]CC(=O)Nc1ccc(NC(=O)C[NH2+]CCCC)cc1. The number of amides is 2. The van der Waals surface area contributed by atoms with Gasteiger partial charge >= 0.3 is 0 Å². The van der Waals surface area contributed by atoms with Crippen LogP contribution in [0.4, 0.5) is 11.4 Å². The van der Waals surface area contributed by atoms with Gasteiger partial charge in [-0.25, -0.2) is 0 Å². The Kier molecular flexibility index (Phi) is 10.5. The van der Waals surface area contributed by atoms with Crippen LogP contribution >= 0.6 is 0 Å². The third-order valence-electron chi connectivity index (χ3n) is 3.64. The molecule has 1 aromatic carbocycles. The quantitative estimate of drug-likeness (QED) is 0.413. The predicted octanol–water partition coefficient (Wildman–Crippen LogP) is 0.291. The first-order chi connectivity index (χ1) is 11.7. The molecule has 0 saturated carbocycles. The fourth-order valence-corrected chi connectivity index (χ4v) is 2.22. The average Bonchev–Trinajstić information content (AvgIpc) is 2.57. The number of rotatable bonds is 12. The number of quaternary nitrogens is 2. The van der Waals surface area contributed by atoms with Gasteiger partial charge in [0.25, 0.3) is 11.8 Å². The van der Waals surface area contributed by atoms with E-state index < -0.39 is 0 Å². The summed E-state index contributed by atoms with van der Waals surface area (Å²) >= 11 is 0. The van der Waals surface area contributed by atoms with E-state index in [0.29, 0.717) is 13.1 Å². The topological polar surface area (TPSA) is 91.4 Å². The van der Waals surface area contributed by atoms with Gasteiger partial charge in [0.05, 0.1) is 13.1 Å². The van der Waals surface area contributed by atoms with Crippen LogP contribution < -0.4 is 21.3 Å². The molecule has 0 fully saturated rings. The molecule has 1 aromatic rings. The molecule has 0 aliphatic heterocycles. The van der Waals surface area contributed by atoms with Crippen molar-refractivity contribution in [1.29, 1.82) is 0 Å². The molecule has 0 aliphatic rings. The van der Waals surface area contributed by atoms with Crippen LogP contribution in [0.15, 0.2) is 24.3 Å². The smallest absolute Gasteiger partial charge is 0.279 e. The highest BCUT2D eigenvalue weighted by Gasteiger charge is 2.06. The molecule has 0 unspecified atom stereocenters. The van der Waals surface area contributed by atoms with Gasteiger partial charge in [-0.3, -0.25) is 9.59 Å². The molecule has 0 aromatic heterocycles. The largest absolute Gasteiger partial charge is 0.338 e. The van der Waals surface area contributed by atoms with Crippen molar-refractivity contribution in [1.82, 2.24) is 0 Å². The van der Waals surface area contributed by atoms with Crippen molar-refractivity contribution >= 4 is 23.2 Å². The van der Waals surface area contributed by atoms with E-state index in [1.54, 1.807) is 24.3 Å². The maximum atomic E-state index is 11.8. The summed E-state index contributed by atoms with van der Waals surface area (Å²) in [6.45, 7) is 7.10. The third-order valence-corrected chi connectivity index (χ3v) is 3.64. The molecule has 0 radical (unpaired) electrons. The Morgan fingerprint density at radius 2 is 1.17 bits per heavy atom. The van der Waals surface area contributed by atoms with Crippen molar-refractivity contribution in [3.8, 4) is 0 Å². The summed E-state index contributed by atoms with van der Waals surface area (Å²) in [6, 6.07) is 7.22. The van der Waals surface area contributed by atoms with Gasteiger partial charge in [0.2, 0.25) is 0 Å². The molecule has 134 valence electrons. The van der Waals surface area contributed by atoms with Crippen LogP contribution in [0.25, 0.3) is 0 Å². The number of nitrogens with one attached hydrogen (secondary N) is 2. The van der Waals surface area contributed by atoms with Gasteiger partial charge in [-0.2, -0.15) is 0 Å². The van der Waals surface area contributed by atoms with Crippen molar-refractivity contribution in [2.45, 2.75) is 39.5 Å². The summed E-state index contributed by atoms with van der Waals surface area (Å²) in [6.07, 6.45) is 4.53. The number of hydrogen-bond acceptors (Lipinski definition) is 2. The molecule has 6 nitrogen and oxygen atoms in total. The van der Waals surface area contributed by atoms with E-state index in [9.17, 15) is 9.59 Å². The molecule has 0 aliphatic carbocycles. The van der Waals surface area contributed by atoms with Crippen molar-refractivity contribution in [2.75, 3.05) is 36.8 Å². The molecule has 24 heavy (non-hydrogen) atoms. The number of carbonyl (C=O) groups excluding carboxylic acids is 2. The Bertz CT molecular complexity index is 443. The highest BCUT2D eigenvalue weighted by atomic mass is 16.2. The van der Waals surface area contributed by atoms with Crippen LogP contribution in [-0.4, -0.2) is 38.0 Å². The number of anilines is 2. The van der Waals surface area contributed by atoms with Gasteiger partial charge in [0, 0.05) is 11.4 Å². The second-order valence-corrected chi connectivity index (χ2v) is 5.94. The van der Waals surface area contributed by atoms with Gasteiger partial charge < -0.3 is 21.3 Å². The zero-order chi connectivity index (χ0) is 17.6. The fraction of sp³-hybridized carbons (Fsp3) is 0.556. The van der Waals surface area contributed by atoms with Gasteiger partial charge in [0.15, 0.2) is 13.1 Å². The molecular weight excluding hydrogens is 304 g/mol. The molecule has 0 heterocycles. The van der Waals surface area contributed by atoms with E-state index in [2.05, 4.69) is 24.5 Å². The highest BCUT2D eigenvalue weighted by molar-refractivity contribution is 5.93. The van der Waals surface area contributed by atoms with Crippen molar-refractivity contribution in [3.05, 3.63) is 24.3 Å². The number of hydrogen-bond donors (Lipinski definition) is 4. The lowest BCUT2D eigenvalue weighted by atomic mass is 10.2. The van der Waals surface area contributed by atoms with Crippen LogP contribution in [0, 0.1) is 0 Å². The first-order valence-corrected chi connectivity index (χ1v) is 8.98. The van der Waals surface area contributed by atoms with Crippen LogP contribution in [0.3, 0.4) is 0 Å². The number of benzene rings is 1. The zero-order valence-electron chi connectivity index (χ0n) is 14.9. The van der Waals surface area contributed by atoms with Crippen LogP contribution in [-0.2, 0) is 9.59 Å². The molecule has 2 amide bonds. The lowest BCUT2D eigenvalue weighted by molar-refractivity contribution is -0.644. The molecule has 0 bridgehead atoms. The summed E-state index contributed by atoms with van der Waals surface area (Å²) in [4.78, 5) is 23.6. The summed E-state index contributed by atoms with van der Waals surface area (Å²) < 4.78 is 0. The van der Waals surface area contributed by atoms with Crippen molar-refractivity contribution in [3.63, 3.8) is 0 Å². The molecule has 0 spiro atoms. The Hall–Kier alpha value is -1.92. The van der Waals surface area contributed by atoms with Crippen LogP contribution in [0.1, 0.15) is 39.5 Å². The molecule has 0 atom stereocenters. The van der Waals surface area contributed by atoms with E-state index in [1.165, 1.54) is 0 Å². The molecule has 0 saturated heterocycles. The Morgan fingerprint density at radius 3 is 1.50 bits per heavy atom. The average molecular weight is 336 g/mol. The molecule has 6 N–H and O–H groups in total. The van der Waals surface area contributed by atoms with E-state index in [0.717, 1.165) is 50.1 Å². The second-order valence-electron chi connectivity index (χ2n) is 5.94. The van der Waals surface area contributed by atoms with Crippen molar-refractivity contribution < 1.29 is 20.2 Å². The van der Waals surface area contributed by atoms with E-state index >= 15 is 0 Å². The highest BCUT2D eigenvalue weighted by Crippen LogP contribution is 2.13. The van der Waals surface area contributed by atoms with Crippen molar-refractivity contribution in [2.24, 2.45) is 0 Å². The van der Waals surface area contributed by atoms with E-state index in [-0.39, 0.29) is 11.8 Å². The normalized spacial score (nSPS) is 10.4. The number of nitrogens with two attached hydrogens (primary N) is 2. The number of carbonyl (C=O) groups is 2. The Morgan fingerprint density at radius 1 is 0.792 bits per heavy atom. The third kappa shape index (κ3) is 9.27. The first-order valence-electron chi connectivity index (χ1n) is 8.98. The minimum Gasteiger partial charge on any atom is -0.338 e. The van der Waals surface area contributed by atoms with Crippen LogP contribution in [0.2, 0.25) is 0 Å². The monoisotopic (exact) mass is 336 g/mol. The summed E-state index contributed by atoms with van der Waals surface area (Å²) in [5, 5.41) is 9.75. The minimum absolute atomic E-state index is 0.00610. The Balaban J connectivity index is 2.29. The van der Waals surface area contributed by atoms with Gasteiger partial charge in [-0.05, 0) is 37.1 Å².